The molecule has 2 aromatic rings. The maximum Gasteiger partial charge on any atom is 0.191 e. The number of aliphatic imine (C=N–C) groups is 1. The minimum atomic E-state index is -3.17. The molecule has 0 aliphatic carbocycles. The Labute approximate surface area is 184 Å². The van der Waals surface area contributed by atoms with Gasteiger partial charge in [-0.05, 0) is 42.7 Å². The normalized spacial score (nSPS) is 11.5. The van der Waals surface area contributed by atoms with E-state index in [-0.39, 0.29) is 24.0 Å². The third kappa shape index (κ3) is 7.31. The summed E-state index contributed by atoms with van der Waals surface area (Å²) >= 11 is 0. The first-order valence-corrected chi connectivity index (χ1v) is 10.6. The molecular weight excluding hydrogens is 489 g/mol. The summed E-state index contributed by atoms with van der Waals surface area (Å²) in [7, 11) is 0.226. The molecule has 0 heterocycles. The van der Waals surface area contributed by atoms with Gasteiger partial charge in [0.15, 0.2) is 15.8 Å². The van der Waals surface area contributed by atoms with Crippen molar-refractivity contribution < 1.29 is 13.2 Å². The van der Waals surface area contributed by atoms with Crippen molar-refractivity contribution in [1.29, 1.82) is 0 Å². The summed E-state index contributed by atoms with van der Waals surface area (Å²) in [5, 5.41) is 6.51. The Morgan fingerprint density at radius 2 is 1.79 bits per heavy atom. The van der Waals surface area contributed by atoms with Crippen molar-refractivity contribution in [2.24, 2.45) is 4.99 Å². The van der Waals surface area contributed by atoms with E-state index in [4.69, 9.17) is 4.74 Å². The first-order chi connectivity index (χ1) is 12.8. The lowest BCUT2D eigenvalue weighted by atomic mass is 10.1. The smallest absolute Gasteiger partial charge is 0.191 e. The number of halogens is 1. The standard InChI is InChI=1S/C20H27N3O3S.HI/c1-15-5-10-19(26-3)17(13-15)11-12-22-20(21-2)23-14-16-6-8-18(9-7-16)27(4,24)25;/h5-10,13H,11-12,14H2,1-4H3,(H2,21,22,23);1H. The first kappa shape index (κ1) is 24.2. The van der Waals surface area contributed by atoms with Gasteiger partial charge >= 0.3 is 0 Å². The van der Waals surface area contributed by atoms with Gasteiger partial charge in [0.05, 0.1) is 12.0 Å². The van der Waals surface area contributed by atoms with Gasteiger partial charge in [-0.1, -0.05) is 29.8 Å². The molecule has 0 saturated heterocycles. The number of hydrogen-bond donors (Lipinski definition) is 2. The van der Waals surface area contributed by atoms with Crippen LogP contribution in [0.25, 0.3) is 0 Å². The fourth-order valence-electron chi connectivity index (χ4n) is 2.68. The van der Waals surface area contributed by atoms with Gasteiger partial charge in [0.1, 0.15) is 5.75 Å². The van der Waals surface area contributed by atoms with Crippen LogP contribution < -0.4 is 15.4 Å². The van der Waals surface area contributed by atoms with Crippen LogP contribution in [-0.2, 0) is 22.8 Å². The Morgan fingerprint density at radius 3 is 2.36 bits per heavy atom. The minimum absolute atomic E-state index is 0. The van der Waals surface area contributed by atoms with Gasteiger partial charge in [0.2, 0.25) is 0 Å². The van der Waals surface area contributed by atoms with Crippen molar-refractivity contribution in [1.82, 2.24) is 10.6 Å². The fourth-order valence-corrected chi connectivity index (χ4v) is 3.31. The Kier molecular flexibility index (Phi) is 9.74. The van der Waals surface area contributed by atoms with E-state index < -0.39 is 9.84 Å². The molecule has 2 aromatic carbocycles. The summed E-state index contributed by atoms with van der Waals surface area (Å²) in [6.07, 6.45) is 2.02. The van der Waals surface area contributed by atoms with Gasteiger partial charge in [0, 0.05) is 26.4 Å². The number of aryl methyl sites for hydroxylation is 1. The molecule has 0 atom stereocenters. The molecule has 8 heteroatoms. The summed E-state index contributed by atoms with van der Waals surface area (Å²) in [5.74, 6) is 1.57. The zero-order valence-corrected chi connectivity index (χ0v) is 19.8. The number of nitrogens with one attached hydrogen (secondary N) is 2. The quantitative estimate of drug-likeness (QED) is 0.336. The summed E-state index contributed by atoms with van der Waals surface area (Å²) in [6, 6.07) is 13.0. The highest BCUT2D eigenvalue weighted by molar-refractivity contribution is 14.0. The van der Waals surface area contributed by atoms with E-state index >= 15 is 0 Å². The van der Waals surface area contributed by atoms with Crippen molar-refractivity contribution in [3.63, 3.8) is 0 Å². The molecule has 0 spiro atoms. The van der Waals surface area contributed by atoms with E-state index in [0.29, 0.717) is 23.9 Å². The molecule has 0 aromatic heterocycles. The summed E-state index contributed by atoms with van der Waals surface area (Å²) < 4.78 is 28.4. The molecule has 0 fully saturated rings. The SMILES string of the molecule is CN=C(NCCc1cc(C)ccc1OC)NCc1ccc(S(C)(=O)=O)cc1.I. The molecule has 0 radical (unpaired) electrons. The van der Waals surface area contributed by atoms with E-state index in [1.807, 2.05) is 12.1 Å². The van der Waals surface area contributed by atoms with Crippen LogP contribution in [0.1, 0.15) is 16.7 Å². The van der Waals surface area contributed by atoms with Gasteiger partial charge in [0.25, 0.3) is 0 Å². The summed E-state index contributed by atoms with van der Waals surface area (Å²) in [5.41, 5.74) is 3.33. The average molecular weight is 517 g/mol. The molecule has 6 nitrogen and oxygen atoms in total. The second-order valence-corrected chi connectivity index (χ2v) is 8.35. The number of rotatable bonds is 7. The van der Waals surface area contributed by atoms with Crippen LogP contribution in [0.4, 0.5) is 0 Å². The zero-order valence-electron chi connectivity index (χ0n) is 16.7. The van der Waals surface area contributed by atoms with Gasteiger partial charge in [-0.2, -0.15) is 0 Å². The molecule has 0 amide bonds. The van der Waals surface area contributed by atoms with E-state index in [1.54, 1.807) is 38.4 Å². The second-order valence-electron chi connectivity index (χ2n) is 6.33. The van der Waals surface area contributed by atoms with Crippen LogP contribution in [0.2, 0.25) is 0 Å². The highest BCUT2D eigenvalue weighted by Crippen LogP contribution is 2.19. The second kappa shape index (κ2) is 11.3. The first-order valence-electron chi connectivity index (χ1n) is 8.70. The maximum absolute atomic E-state index is 11.5. The number of sulfone groups is 1. The highest BCUT2D eigenvalue weighted by Gasteiger charge is 2.07. The molecule has 2 rings (SSSR count). The van der Waals surface area contributed by atoms with E-state index in [9.17, 15) is 8.42 Å². The Bertz CT molecular complexity index is 897. The Hall–Kier alpha value is -1.81. The molecular formula is C20H28IN3O3S. The van der Waals surface area contributed by atoms with Crippen molar-refractivity contribution in [3.05, 3.63) is 59.2 Å². The monoisotopic (exact) mass is 517 g/mol. The van der Waals surface area contributed by atoms with Crippen LogP contribution in [0.5, 0.6) is 5.75 Å². The minimum Gasteiger partial charge on any atom is -0.496 e. The van der Waals surface area contributed by atoms with Gasteiger partial charge in [-0.25, -0.2) is 8.42 Å². The fraction of sp³-hybridized carbons (Fsp3) is 0.350. The highest BCUT2D eigenvalue weighted by atomic mass is 127. The van der Waals surface area contributed by atoms with Gasteiger partial charge in [-0.3, -0.25) is 4.99 Å². The number of benzene rings is 2. The van der Waals surface area contributed by atoms with E-state index in [0.717, 1.165) is 23.3 Å². The predicted molar refractivity (Wildman–Crippen MR) is 125 cm³/mol. The lowest BCUT2D eigenvalue weighted by molar-refractivity contribution is 0.409. The third-order valence-electron chi connectivity index (χ3n) is 4.16. The molecule has 0 aliphatic heterocycles. The van der Waals surface area contributed by atoms with E-state index in [1.165, 1.54) is 11.8 Å². The number of nitrogens with zero attached hydrogens (tertiary/aromatic N) is 1. The number of guanidine groups is 1. The molecule has 0 unspecified atom stereocenters. The lowest BCUT2D eigenvalue weighted by Gasteiger charge is -2.14. The molecule has 0 saturated carbocycles. The van der Waals surface area contributed by atoms with Crippen molar-refractivity contribution in [3.8, 4) is 5.75 Å². The Morgan fingerprint density at radius 1 is 1.11 bits per heavy atom. The van der Waals surface area contributed by atoms with Crippen molar-refractivity contribution >= 4 is 39.8 Å². The molecule has 0 bridgehead atoms. The number of hydrogen-bond acceptors (Lipinski definition) is 4. The van der Waals surface area contributed by atoms with Crippen LogP contribution in [0, 0.1) is 6.92 Å². The lowest BCUT2D eigenvalue weighted by Crippen LogP contribution is -2.37. The molecule has 28 heavy (non-hydrogen) atoms. The molecule has 0 aliphatic rings. The topological polar surface area (TPSA) is 79.8 Å². The third-order valence-corrected chi connectivity index (χ3v) is 5.29. The van der Waals surface area contributed by atoms with Crippen LogP contribution in [-0.4, -0.2) is 41.3 Å². The summed E-state index contributed by atoms with van der Waals surface area (Å²) in [4.78, 5) is 4.54. The Balaban J connectivity index is 0.00000392. The molecule has 154 valence electrons. The van der Waals surface area contributed by atoms with E-state index in [2.05, 4.69) is 28.6 Å². The maximum atomic E-state index is 11.5. The van der Waals surface area contributed by atoms with Crippen LogP contribution in [0.3, 0.4) is 0 Å². The zero-order chi connectivity index (χ0) is 19.9. The molecule has 2 N–H and O–H groups in total. The van der Waals surface area contributed by atoms with Crippen LogP contribution >= 0.6 is 24.0 Å². The number of methoxy groups -OCH3 is 1. The number of ether oxygens (including phenoxy) is 1. The predicted octanol–water partition coefficient (Wildman–Crippen LogP) is 2.93. The largest absolute Gasteiger partial charge is 0.496 e. The van der Waals surface area contributed by atoms with Crippen molar-refractivity contribution in [2.45, 2.75) is 24.8 Å². The van der Waals surface area contributed by atoms with Gasteiger partial charge < -0.3 is 15.4 Å². The average Bonchev–Trinajstić information content (AvgIpc) is 2.64. The van der Waals surface area contributed by atoms with Crippen LogP contribution in [0.15, 0.2) is 52.4 Å². The van der Waals surface area contributed by atoms with Crippen molar-refractivity contribution in [2.75, 3.05) is 27.0 Å². The summed E-state index contributed by atoms with van der Waals surface area (Å²) in [6.45, 7) is 3.33. The van der Waals surface area contributed by atoms with Gasteiger partial charge in [-0.15, -0.1) is 24.0 Å².